The first-order chi connectivity index (χ1) is 5.95. The molecular weight excluding hydrogens is 310 g/mol. The van der Waals surface area contributed by atoms with Gasteiger partial charge in [0.1, 0.15) is 4.48 Å². The largest absolute Gasteiger partial charge is 0.477 e. The van der Waals surface area contributed by atoms with Gasteiger partial charge in [-0.2, -0.15) is 5.10 Å². The van der Waals surface area contributed by atoms with Gasteiger partial charge in [0.05, 0.1) is 10.7 Å². The van der Waals surface area contributed by atoms with Gasteiger partial charge in [0.25, 0.3) is 0 Å². The van der Waals surface area contributed by atoms with Crippen molar-refractivity contribution in [1.29, 1.82) is 0 Å². The third-order valence-electron chi connectivity index (χ3n) is 0.750. The summed E-state index contributed by atoms with van der Waals surface area (Å²) in [5, 5.41) is 11.8. The van der Waals surface area contributed by atoms with E-state index in [-0.39, 0.29) is 8.96 Å². The van der Waals surface area contributed by atoms with Crippen LogP contribution in [0.25, 0.3) is 0 Å². The number of rotatable bonds is 3. The minimum atomic E-state index is -1.16. The average molecular weight is 315 g/mol. The molecule has 0 aromatic heterocycles. The summed E-state index contributed by atoms with van der Waals surface area (Å²) in [7, 11) is 0. The predicted molar refractivity (Wildman–Crippen MR) is 53.7 cm³/mol. The molecule has 72 valence electrons. The first-order valence-corrected chi connectivity index (χ1v) is 4.40. The second-order valence-electron chi connectivity index (χ2n) is 1.70. The Morgan fingerprint density at radius 1 is 1.46 bits per heavy atom. The maximum absolute atomic E-state index is 10.3. The Balaban J connectivity index is 4.36. The van der Waals surface area contributed by atoms with Gasteiger partial charge in [0.15, 0.2) is 0 Å². The fraction of sp³-hybridized carbons (Fsp3) is 0. The van der Waals surface area contributed by atoms with E-state index in [0.717, 1.165) is 6.21 Å². The number of primary amides is 1. The van der Waals surface area contributed by atoms with E-state index in [2.05, 4.69) is 37.0 Å². The van der Waals surface area contributed by atoms with Crippen LogP contribution in [0.4, 0.5) is 4.79 Å². The van der Waals surface area contributed by atoms with Crippen molar-refractivity contribution in [3.8, 4) is 0 Å². The number of nitrogens with zero attached hydrogens (tertiary/aromatic N) is 1. The van der Waals surface area contributed by atoms with Gasteiger partial charge in [-0.1, -0.05) is 0 Å². The Labute approximate surface area is 90.1 Å². The maximum atomic E-state index is 10.3. The maximum Gasteiger partial charge on any atom is 0.344 e. The highest BCUT2D eigenvalue weighted by atomic mass is 79.9. The molecule has 0 aliphatic heterocycles. The van der Waals surface area contributed by atoms with Crippen LogP contribution in [0.15, 0.2) is 14.1 Å². The number of aliphatic carboxylic acids is 1. The second-order valence-corrected chi connectivity index (χ2v) is 3.35. The zero-order valence-electron chi connectivity index (χ0n) is 6.12. The molecule has 0 aliphatic carbocycles. The van der Waals surface area contributed by atoms with Crippen LogP contribution in [0.2, 0.25) is 0 Å². The number of hydrogen-bond acceptors (Lipinski definition) is 3. The van der Waals surface area contributed by atoms with Crippen LogP contribution in [0.1, 0.15) is 0 Å². The summed E-state index contributed by atoms with van der Waals surface area (Å²) >= 11 is 5.68. The van der Waals surface area contributed by atoms with Crippen LogP contribution < -0.4 is 11.2 Å². The van der Waals surface area contributed by atoms with Crippen molar-refractivity contribution >= 4 is 50.1 Å². The third-order valence-corrected chi connectivity index (χ3v) is 2.65. The second kappa shape index (κ2) is 5.70. The molecule has 0 aliphatic rings. The van der Waals surface area contributed by atoms with Gasteiger partial charge in [0, 0.05) is 0 Å². The molecule has 0 aromatic carbocycles. The number of hydrogen-bond donors (Lipinski definition) is 3. The standard InChI is InChI=1S/C5H5Br2N3O3/c6-2(3(7)4(11)12)1-9-10-5(8)13/h1H,(H,11,12)(H3,8,10,13)/b3-2?,9-1-. The molecule has 0 heterocycles. The Bertz CT molecular complexity index is 287. The SMILES string of the molecule is NC(=O)N/N=C\C(Br)=C(Br)C(=O)O. The Morgan fingerprint density at radius 3 is 2.38 bits per heavy atom. The summed E-state index contributed by atoms with van der Waals surface area (Å²) in [5.74, 6) is -1.16. The van der Waals surface area contributed by atoms with Crippen molar-refractivity contribution in [2.24, 2.45) is 10.8 Å². The number of urea groups is 1. The Kier molecular flexibility index (Phi) is 5.31. The van der Waals surface area contributed by atoms with E-state index in [9.17, 15) is 9.59 Å². The summed E-state index contributed by atoms with van der Waals surface area (Å²) in [6, 6.07) is -0.831. The molecule has 0 rings (SSSR count). The van der Waals surface area contributed by atoms with Crippen LogP contribution in [0, 0.1) is 0 Å². The Hall–Kier alpha value is -0.890. The van der Waals surface area contributed by atoms with Crippen LogP contribution in [-0.4, -0.2) is 23.3 Å². The number of nitrogens with one attached hydrogen (secondary N) is 1. The zero-order valence-corrected chi connectivity index (χ0v) is 9.29. The molecule has 0 bridgehead atoms. The lowest BCUT2D eigenvalue weighted by atomic mass is 10.5. The molecule has 0 saturated heterocycles. The summed E-state index contributed by atoms with van der Waals surface area (Å²) in [4.78, 5) is 20.5. The molecule has 6 nitrogen and oxygen atoms in total. The number of nitrogens with two attached hydrogens (primary N) is 1. The summed E-state index contributed by atoms with van der Waals surface area (Å²) < 4.78 is 0.0660. The molecule has 0 unspecified atom stereocenters. The fourth-order valence-corrected chi connectivity index (χ4v) is 0.686. The first-order valence-electron chi connectivity index (χ1n) is 2.82. The van der Waals surface area contributed by atoms with Gasteiger partial charge in [-0.3, -0.25) is 0 Å². The van der Waals surface area contributed by atoms with Gasteiger partial charge in [0.2, 0.25) is 0 Å². The number of allylic oxidation sites excluding steroid dienone is 1. The summed E-state index contributed by atoms with van der Waals surface area (Å²) in [6.07, 6.45) is 1.09. The molecule has 0 spiro atoms. The first kappa shape index (κ1) is 12.1. The van der Waals surface area contributed by atoms with Crippen LogP contribution in [-0.2, 0) is 4.79 Å². The number of carbonyl (C=O) groups is 2. The minimum Gasteiger partial charge on any atom is -0.477 e. The lowest BCUT2D eigenvalue weighted by molar-refractivity contribution is -0.131. The Morgan fingerprint density at radius 2 is 2.00 bits per heavy atom. The van der Waals surface area contributed by atoms with E-state index in [1.165, 1.54) is 0 Å². The smallest absolute Gasteiger partial charge is 0.344 e. The average Bonchev–Trinajstić information content (AvgIpc) is 2.02. The number of amides is 2. The molecule has 4 N–H and O–H groups in total. The highest BCUT2D eigenvalue weighted by molar-refractivity contribution is 9.14. The van der Waals surface area contributed by atoms with Gasteiger partial charge < -0.3 is 10.8 Å². The highest BCUT2D eigenvalue weighted by Gasteiger charge is 2.06. The van der Waals surface area contributed by atoms with Crippen LogP contribution in [0.3, 0.4) is 0 Å². The number of carboxylic acids is 1. The molecule has 0 aromatic rings. The van der Waals surface area contributed by atoms with Crippen LogP contribution >= 0.6 is 31.9 Å². The van der Waals surface area contributed by atoms with Crippen molar-refractivity contribution in [3.05, 3.63) is 8.96 Å². The molecule has 0 atom stereocenters. The van der Waals surface area contributed by atoms with Gasteiger partial charge in [-0.05, 0) is 31.9 Å². The number of halogens is 2. The molecule has 8 heteroatoms. The van der Waals surface area contributed by atoms with Crippen molar-refractivity contribution in [2.45, 2.75) is 0 Å². The predicted octanol–water partition coefficient (Wildman–Crippen LogP) is 0.727. The molecule has 0 radical (unpaired) electrons. The van der Waals surface area contributed by atoms with Crippen LogP contribution in [0.5, 0.6) is 0 Å². The molecule has 2 amide bonds. The van der Waals surface area contributed by atoms with E-state index < -0.39 is 12.0 Å². The molecule has 0 saturated carbocycles. The van der Waals surface area contributed by atoms with E-state index in [1.807, 2.05) is 5.43 Å². The monoisotopic (exact) mass is 313 g/mol. The van der Waals surface area contributed by atoms with Gasteiger partial charge >= 0.3 is 12.0 Å². The normalized spacial score (nSPS) is 12.5. The van der Waals surface area contributed by atoms with Crippen molar-refractivity contribution in [3.63, 3.8) is 0 Å². The van der Waals surface area contributed by atoms with Crippen molar-refractivity contribution in [2.75, 3.05) is 0 Å². The lowest BCUT2D eigenvalue weighted by Crippen LogP contribution is -2.24. The fourth-order valence-electron chi connectivity index (χ4n) is 0.311. The van der Waals surface area contributed by atoms with Crippen molar-refractivity contribution < 1.29 is 14.7 Å². The lowest BCUT2D eigenvalue weighted by Gasteiger charge is -1.93. The van der Waals surface area contributed by atoms with Gasteiger partial charge in [-0.15, -0.1) is 0 Å². The van der Waals surface area contributed by atoms with E-state index >= 15 is 0 Å². The van der Waals surface area contributed by atoms with E-state index in [1.54, 1.807) is 0 Å². The number of hydrazone groups is 1. The highest BCUT2D eigenvalue weighted by Crippen LogP contribution is 2.15. The minimum absolute atomic E-state index is 0.109. The van der Waals surface area contributed by atoms with Crippen molar-refractivity contribution in [1.82, 2.24) is 5.43 Å². The van der Waals surface area contributed by atoms with Gasteiger partial charge in [-0.25, -0.2) is 15.0 Å². The summed E-state index contributed by atoms with van der Waals surface area (Å²) in [6.45, 7) is 0. The topological polar surface area (TPSA) is 105 Å². The third kappa shape index (κ3) is 5.36. The molecule has 13 heavy (non-hydrogen) atoms. The number of carboxylic acid groups (broad SMARTS) is 1. The number of carbonyl (C=O) groups excluding carboxylic acids is 1. The summed E-state index contributed by atoms with van der Waals surface area (Å²) in [5.41, 5.74) is 6.59. The molecular formula is C5H5Br2N3O3. The zero-order chi connectivity index (χ0) is 10.4. The van der Waals surface area contributed by atoms with E-state index in [0.29, 0.717) is 0 Å². The molecule has 0 fully saturated rings. The quantitative estimate of drug-likeness (QED) is 0.406. The van der Waals surface area contributed by atoms with E-state index in [4.69, 9.17) is 10.8 Å².